The van der Waals surface area contributed by atoms with Crippen LogP contribution in [0.5, 0.6) is 5.75 Å². The van der Waals surface area contributed by atoms with E-state index >= 15 is 0 Å². The number of carboxylic acid groups (broad SMARTS) is 1. The van der Waals surface area contributed by atoms with Crippen molar-refractivity contribution in [3.8, 4) is 5.75 Å². The van der Waals surface area contributed by atoms with Crippen molar-refractivity contribution in [2.45, 2.75) is 19.6 Å². The number of hydrogen-bond donors (Lipinski definition) is 2. The Morgan fingerprint density at radius 1 is 1.25 bits per heavy atom. The molecule has 2 N–H and O–H groups in total. The van der Waals surface area contributed by atoms with Gasteiger partial charge in [-0.25, -0.2) is 9.78 Å². The lowest BCUT2D eigenvalue weighted by molar-refractivity contribution is -0.122. The predicted octanol–water partition coefficient (Wildman–Crippen LogP) is 1.82. The van der Waals surface area contributed by atoms with Crippen LogP contribution in [0.3, 0.4) is 0 Å². The molecule has 2 aliphatic rings. The highest BCUT2D eigenvalue weighted by Gasteiger charge is 2.24. The van der Waals surface area contributed by atoms with E-state index in [4.69, 9.17) is 9.84 Å². The standard InChI is InChI=1S/C20H22N4O4/c1-13-19(25)22-16-10-14(2-4-17(16)28-13)12-23-6-8-24(9-7-23)18-5-3-15(11-21-18)20(26)27/h2-5,10-11,13H,6-9,12H2,1H3,(H,22,25)(H,26,27). The number of nitrogens with one attached hydrogen (secondary N) is 1. The lowest BCUT2D eigenvalue weighted by Crippen LogP contribution is -2.46. The Balaban J connectivity index is 1.35. The number of anilines is 2. The van der Waals surface area contributed by atoms with E-state index in [2.05, 4.69) is 20.1 Å². The Bertz CT molecular complexity index is 892. The van der Waals surface area contributed by atoms with Crippen LogP contribution in [0.2, 0.25) is 0 Å². The molecule has 1 unspecified atom stereocenters. The van der Waals surface area contributed by atoms with Crippen LogP contribution in [0, 0.1) is 0 Å². The summed E-state index contributed by atoms with van der Waals surface area (Å²) >= 11 is 0. The summed E-state index contributed by atoms with van der Waals surface area (Å²) in [5.41, 5.74) is 2.04. The van der Waals surface area contributed by atoms with Gasteiger partial charge in [-0.2, -0.15) is 0 Å². The Labute approximate surface area is 162 Å². The number of carbonyl (C=O) groups excluding carboxylic acids is 1. The fourth-order valence-electron chi connectivity index (χ4n) is 3.45. The molecular formula is C20H22N4O4. The maximum absolute atomic E-state index is 11.8. The summed E-state index contributed by atoms with van der Waals surface area (Å²) in [7, 11) is 0. The number of hydrogen-bond acceptors (Lipinski definition) is 6. The van der Waals surface area contributed by atoms with Crippen molar-refractivity contribution in [1.82, 2.24) is 9.88 Å². The third-order valence-electron chi connectivity index (χ3n) is 5.07. The largest absolute Gasteiger partial charge is 0.479 e. The number of benzene rings is 1. The molecule has 1 atom stereocenters. The Hall–Kier alpha value is -3.13. The van der Waals surface area contributed by atoms with Gasteiger partial charge in [-0.3, -0.25) is 9.69 Å². The van der Waals surface area contributed by atoms with E-state index in [0.717, 1.165) is 49.8 Å². The summed E-state index contributed by atoms with van der Waals surface area (Å²) in [6.45, 7) is 5.91. The van der Waals surface area contributed by atoms with Gasteiger partial charge in [-0.1, -0.05) is 6.07 Å². The molecule has 8 heteroatoms. The number of amides is 1. The third-order valence-corrected chi connectivity index (χ3v) is 5.07. The predicted molar refractivity (Wildman–Crippen MR) is 104 cm³/mol. The van der Waals surface area contributed by atoms with Gasteiger partial charge in [0.1, 0.15) is 11.6 Å². The lowest BCUT2D eigenvalue weighted by Gasteiger charge is -2.35. The van der Waals surface area contributed by atoms with Gasteiger partial charge in [0, 0.05) is 38.9 Å². The van der Waals surface area contributed by atoms with Crippen LogP contribution < -0.4 is 15.0 Å². The van der Waals surface area contributed by atoms with Crippen LogP contribution in [-0.4, -0.2) is 59.1 Å². The molecule has 8 nitrogen and oxygen atoms in total. The molecule has 28 heavy (non-hydrogen) atoms. The minimum Gasteiger partial charge on any atom is -0.479 e. The molecule has 1 saturated heterocycles. The van der Waals surface area contributed by atoms with Gasteiger partial charge in [-0.15, -0.1) is 0 Å². The number of aromatic nitrogens is 1. The van der Waals surface area contributed by atoms with Gasteiger partial charge < -0.3 is 20.1 Å². The second-order valence-corrected chi connectivity index (χ2v) is 7.05. The van der Waals surface area contributed by atoms with E-state index in [-0.39, 0.29) is 11.5 Å². The minimum atomic E-state index is -0.968. The van der Waals surface area contributed by atoms with Crippen LogP contribution in [0.1, 0.15) is 22.8 Å². The monoisotopic (exact) mass is 382 g/mol. The van der Waals surface area contributed by atoms with Gasteiger partial charge in [0.2, 0.25) is 0 Å². The molecule has 0 spiro atoms. The lowest BCUT2D eigenvalue weighted by atomic mass is 10.1. The molecule has 1 aromatic carbocycles. The molecule has 4 rings (SSSR count). The fraction of sp³-hybridized carbons (Fsp3) is 0.350. The average Bonchev–Trinajstić information content (AvgIpc) is 2.70. The number of fused-ring (bicyclic) bond motifs is 1. The number of ether oxygens (including phenoxy) is 1. The van der Waals surface area contributed by atoms with Crippen molar-refractivity contribution in [2.24, 2.45) is 0 Å². The van der Waals surface area contributed by atoms with Gasteiger partial charge in [0.15, 0.2) is 6.10 Å². The molecular weight excluding hydrogens is 360 g/mol. The normalized spacial score (nSPS) is 19.5. The van der Waals surface area contributed by atoms with Crippen LogP contribution in [0.15, 0.2) is 36.5 Å². The summed E-state index contributed by atoms with van der Waals surface area (Å²) < 4.78 is 5.60. The zero-order valence-electron chi connectivity index (χ0n) is 15.6. The molecule has 1 aromatic heterocycles. The van der Waals surface area contributed by atoms with E-state index in [1.54, 1.807) is 19.1 Å². The zero-order chi connectivity index (χ0) is 19.7. The van der Waals surface area contributed by atoms with Crippen molar-refractivity contribution in [2.75, 3.05) is 36.4 Å². The molecule has 146 valence electrons. The fourth-order valence-corrected chi connectivity index (χ4v) is 3.45. The molecule has 0 bridgehead atoms. The van der Waals surface area contributed by atoms with E-state index in [0.29, 0.717) is 5.75 Å². The molecule has 3 heterocycles. The van der Waals surface area contributed by atoms with Crippen LogP contribution >= 0.6 is 0 Å². The van der Waals surface area contributed by atoms with E-state index in [1.165, 1.54) is 6.20 Å². The zero-order valence-corrected chi connectivity index (χ0v) is 15.6. The highest BCUT2D eigenvalue weighted by Crippen LogP contribution is 2.31. The highest BCUT2D eigenvalue weighted by molar-refractivity contribution is 5.97. The summed E-state index contributed by atoms with van der Waals surface area (Å²) in [5, 5.41) is 11.9. The number of nitrogens with zero attached hydrogens (tertiary/aromatic N) is 3. The summed E-state index contributed by atoms with van der Waals surface area (Å²) in [6.07, 6.45) is 0.929. The number of aromatic carboxylic acids is 1. The molecule has 1 amide bonds. The van der Waals surface area contributed by atoms with Crippen LogP contribution in [0.25, 0.3) is 0 Å². The quantitative estimate of drug-likeness (QED) is 0.833. The maximum atomic E-state index is 11.8. The summed E-state index contributed by atoms with van der Waals surface area (Å²) in [4.78, 5) is 31.5. The Kier molecular flexibility index (Phi) is 4.87. The second kappa shape index (κ2) is 7.47. The van der Waals surface area contributed by atoms with Crippen molar-refractivity contribution in [3.05, 3.63) is 47.7 Å². The van der Waals surface area contributed by atoms with Gasteiger partial charge >= 0.3 is 5.97 Å². The first-order valence-electron chi connectivity index (χ1n) is 9.27. The summed E-state index contributed by atoms with van der Waals surface area (Å²) in [5.74, 6) is 0.411. The Morgan fingerprint density at radius 2 is 2.04 bits per heavy atom. The third kappa shape index (κ3) is 3.77. The number of carbonyl (C=O) groups is 2. The van der Waals surface area contributed by atoms with Crippen molar-refractivity contribution in [1.29, 1.82) is 0 Å². The number of pyridine rings is 1. The first-order valence-corrected chi connectivity index (χ1v) is 9.27. The van der Waals surface area contributed by atoms with E-state index < -0.39 is 12.1 Å². The van der Waals surface area contributed by atoms with Crippen molar-refractivity contribution < 1.29 is 19.4 Å². The van der Waals surface area contributed by atoms with Gasteiger partial charge in [-0.05, 0) is 36.8 Å². The molecule has 0 radical (unpaired) electrons. The first kappa shape index (κ1) is 18.2. The van der Waals surface area contributed by atoms with Crippen molar-refractivity contribution >= 4 is 23.4 Å². The molecule has 1 fully saturated rings. The smallest absolute Gasteiger partial charge is 0.337 e. The van der Waals surface area contributed by atoms with Gasteiger partial charge in [0.05, 0.1) is 11.3 Å². The molecule has 2 aliphatic heterocycles. The Morgan fingerprint density at radius 3 is 2.71 bits per heavy atom. The average molecular weight is 382 g/mol. The van der Waals surface area contributed by atoms with Crippen molar-refractivity contribution in [3.63, 3.8) is 0 Å². The highest BCUT2D eigenvalue weighted by atomic mass is 16.5. The number of rotatable bonds is 4. The number of carboxylic acids is 1. The molecule has 0 aliphatic carbocycles. The minimum absolute atomic E-state index is 0.125. The van der Waals surface area contributed by atoms with E-state index in [1.807, 2.05) is 18.2 Å². The molecule has 0 saturated carbocycles. The first-order chi connectivity index (χ1) is 13.5. The second-order valence-electron chi connectivity index (χ2n) is 7.05. The van der Waals surface area contributed by atoms with Gasteiger partial charge in [0.25, 0.3) is 5.91 Å². The number of piperazine rings is 1. The SMILES string of the molecule is CC1Oc2ccc(CN3CCN(c4ccc(C(=O)O)cn4)CC3)cc2NC1=O. The topological polar surface area (TPSA) is 95.0 Å². The van der Waals surface area contributed by atoms with E-state index in [9.17, 15) is 9.59 Å². The summed E-state index contributed by atoms with van der Waals surface area (Å²) in [6, 6.07) is 9.25. The van der Waals surface area contributed by atoms with Crippen LogP contribution in [-0.2, 0) is 11.3 Å². The maximum Gasteiger partial charge on any atom is 0.337 e. The molecule has 2 aromatic rings. The van der Waals surface area contributed by atoms with Crippen LogP contribution in [0.4, 0.5) is 11.5 Å².